The monoisotopic (exact) mass is 666 g/mol. The van der Waals surface area contributed by atoms with E-state index in [0.29, 0.717) is 41.0 Å². The maximum Gasteiger partial charge on any atom is 0.415 e. The molecule has 1 aromatic heterocycles. The number of amides is 3. The molecule has 1 saturated heterocycles. The Hall–Kier alpha value is -5.36. The molecule has 4 aromatic rings. The summed E-state index contributed by atoms with van der Waals surface area (Å²) in [6.45, 7) is 5.60. The van der Waals surface area contributed by atoms with Gasteiger partial charge >= 0.3 is 12.1 Å². The Labute approximate surface area is 286 Å². The van der Waals surface area contributed by atoms with Crippen molar-refractivity contribution in [2.45, 2.75) is 31.8 Å². The van der Waals surface area contributed by atoms with E-state index in [2.05, 4.69) is 51.3 Å². The van der Waals surface area contributed by atoms with Crippen molar-refractivity contribution in [2.24, 2.45) is 7.05 Å². The van der Waals surface area contributed by atoms with Crippen LogP contribution in [0, 0.1) is 0 Å². The molecule has 0 saturated carbocycles. The fraction of sp³-hybridized carbons (Fsp3) is 0.351. The van der Waals surface area contributed by atoms with Crippen LogP contribution in [0.2, 0.25) is 0 Å². The second-order valence-electron chi connectivity index (χ2n) is 12.2. The fourth-order valence-corrected chi connectivity index (χ4v) is 6.68. The zero-order valence-electron chi connectivity index (χ0n) is 28.3. The molecule has 0 aliphatic carbocycles. The normalized spacial score (nSPS) is 15.9. The highest BCUT2D eigenvalue weighted by atomic mass is 16.6. The van der Waals surface area contributed by atoms with Crippen molar-refractivity contribution < 1.29 is 28.6 Å². The smallest absolute Gasteiger partial charge is 0.415 e. The number of ether oxygens (including phenoxy) is 3. The minimum atomic E-state index is -0.638. The van der Waals surface area contributed by atoms with Crippen LogP contribution in [0.3, 0.4) is 0 Å². The third kappa shape index (κ3) is 6.95. The summed E-state index contributed by atoms with van der Waals surface area (Å²) < 4.78 is 17.9. The number of aryl methyl sites for hydroxylation is 1. The van der Waals surface area contributed by atoms with E-state index in [1.165, 1.54) is 16.7 Å². The lowest BCUT2D eigenvalue weighted by atomic mass is 9.99. The molecule has 3 amide bonds. The van der Waals surface area contributed by atoms with Crippen LogP contribution in [0.25, 0.3) is 0 Å². The lowest BCUT2D eigenvalue weighted by molar-refractivity contribution is 0.0571. The van der Waals surface area contributed by atoms with Crippen LogP contribution in [0.1, 0.15) is 63.7 Å². The number of hydrogen-bond donors (Lipinski definition) is 1. The summed E-state index contributed by atoms with van der Waals surface area (Å²) >= 11 is 0. The van der Waals surface area contributed by atoms with Crippen LogP contribution in [-0.2, 0) is 7.05 Å². The summed E-state index contributed by atoms with van der Waals surface area (Å²) in [4.78, 5) is 50.9. The Bertz CT molecular complexity index is 1800. The van der Waals surface area contributed by atoms with Crippen molar-refractivity contribution >= 4 is 23.6 Å². The van der Waals surface area contributed by atoms with E-state index in [9.17, 15) is 14.4 Å². The van der Waals surface area contributed by atoms with Gasteiger partial charge in [0.1, 0.15) is 0 Å². The van der Waals surface area contributed by atoms with E-state index >= 15 is 0 Å². The molecule has 6 rings (SSSR count). The standard InChI is InChI=1S/C37H42N6O6/c1-25(26-10-6-5-7-11-26)41-20-22-42(23-21-41)30-13-8-12-28-33(30)35(45)43(34(28)44)29(27-15-16-31(47-3)32(24-27)48-4)14-9-17-39-37(46)49-36-38-18-19-40(36)2/h5-8,10-13,15-16,18-19,24-25,29H,9,14,17,20-23H2,1-4H3,(H,39,46)/t25-,29-/m1/s1. The average molecular weight is 667 g/mol. The molecule has 0 spiro atoms. The van der Waals surface area contributed by atoms with Crippen LogP contribution in [0.4, 0.5) is 10.5 Å². The quantitative estimate of drug-likeness (QED) is 0.160. The van der Waals surface area contributed by atoms with Crippen molar-refractivity contribution in [3.8, 4) is 17.5 Å². The molecule has 3 heterocycles. The van der Waals surface area contributed by atoms with Gasteiger partial charge in [0.25, 0.3) is 11.8 Å². The Balaban J connectivity index is 1.20. The lowest BCUT2D eigenvalue weighted by Crippen LogP contribution is -2.47. The van der Waals surface area contributed by atoms with Crippen LogP contribution >= 0.6 is 0 Å². The molecule has 2 aliphatic rings. The van der Waals surface area contributed by atoms with E-state index in [1.807, 2.05) is 24.3 Å². The van der Waals surface area contributed by atoms with E-state index in [4.69, 9.17) is 14.2 Å². The number of aromatic nitrogens is 2. The number of hydrogen-bond acceptors (Lipinski definition) is 9. The number of nitrogens with one attached hydrogen (secondary N) is 1. The van der Waals surface area contributed by atoms with Crippen LogP contribution in [-0.4, -0.2) is 84.2 Å². The SMILES string of the molecule is COc1ccc([C@@H](CCCNC(=O)Oc2nccn2C)N2C(=O)c3cccc(N4CCN([C@H](C)c5ccccc5)CC4)c3C2=O)cc1OC. The molecule has 1 N–H and O–H groups in total. The molecule has 1 fully saturated rings. The molecule has 3 aromatic carbocycles. The Kier molecular flexibility index (Phi) is 10.1. The third-order valence-corrected chi connectivity index (χ3v) is 9.40. The van der Waals surface area contributed by atoms with E-state index in [1.54, 1.807) is 50.2 Å². The number of benzene rings is 3. The zero-order chi connectivity index (χ0) is 34.5. The number of piperazine rings is 1. The number of imide groups is 1. The highest BCUT2D eigenvalue weighted by Crippen LogP contribution is 2.40. The number of fused-ring (bicyclic) bond motifs is 1. The maximum atomic E-state index is 14.4. The summed E-state index contributed by atoms with van der Waals surface area (Å²) in [5.41, 5.74) is 3.58. The Morgan fingerprint density at radius 3 is 2.35 bits per heavy atom. The summed E-state index contributed by atoms with van der Waals surface area (Å²) in [5.74, 6) is 0.341. The second-order valence-corrected chi connectivity index (χ2v) is 12.2. The number of carbonyl (C=O) groups is 3. The lowest BCUT2D eigenvalue weighted by Gasteiger charge is -2.39. The first-order valence-electron chi connectivity index (χ1n) is 16.5. The summed E-state index contributed by atoms with van der Waals surface area (Å²) in [6, 6.07) is 21.2. The van der Waals surface area contributed by atoms with Gasteiger partial charge in [0.2, 0.25) is 0 Å². The highest BCUT2D eigenvalue weighted by Gasteiger charge is 2.43. The number of anilines is 1. The van der Waals surface area contributed by atoms with Gasteiger partial charge in [-0.05, 0) is 55.2 Å². The maximum absolute atomic E-state index is 14.4. The first-order valence-corrected chi connectivity index (χ1v) is 16.5. The largest absolute Gasteiger partial charge is 0.493 e. The molecule has 2 atom stereocenters. The molecule has 12 heteroatoms. The summed E-state index contributed by atoms with van der Waals surface area (Å²) in [7, 11) is 4.82. The van der Waals surface area contributed by atoms with Crippen LogP contribution in [0.5, 0.6) is 17.5 Å². The van der Waals surface area contributed by atoms with Crippen molar-refractivity contribution in [1.29, 1.82) is 0 Å². The van der Waals surface area contributed by atoms with Gasteiger partial charge in [-0.25, -0.2) is 9.78 Å². The van der Waals surface area contributed by atoms with Crippen LogP contribution in [0.15, 0.2) is 79.1 Å². The molecular weight excluding hydrogens is 624 g/mol. The van der Waals surface area contributed by atoms with Gasteiger partial charge in [0, 0.05) is 58.2 Å². The highest BCUT2D eigenvalue weighted by molar-refractivity contribution is 6.24. The van der Waals surface area contributed by atoms with E-state index < -0.39 is 12.1 Å². The van der Waals surface area contributed by atoms with Gasteiger partial charge in [0.15, 0.2) is 11.5 Å². The van der Waals surface area contributed by atoms with Crippen molar-refractivity contribution in [2.75, 3.05) is 51.8 Å². The molecule has 0 bridgehead atoms. The molecule has 12 nitrogen and oxygen atoms in total. The van der Waals surface area contributed by atoms with Crippen molar-refractivity contribution in [3.05, 3.63) is 101 Å². The van der Waals surface area contributed by atoms with Gasteiger partial charge in [-0.2, -0.15) is 0 Å². The third-order valence-electron chi connectivity index (χ3n) is 9.40. The molecule has 0 radical (unpaired) electrons. The summed E-state index contributed by atoms with van der Waals surface area (Å²) in [6.07, 6.45) is 3.42. The van der Waals surface area contributed by atoms with Gasteiger partial charge in [-0.15, -0.1) is 0 Å². The number of methoxy groups -OCH3 is 2. The Morgan fingerprint density at radius 2 is 1.65 bits per heavy atom. The summed E-state index contributed by atoms with van der Waals surface area (Å²) in [5, 5.41) is 2.74. The van der Waals surface area contributed by atoms with Crippen molar-refractivity contribution in [1.82, 2.24) is 24.7 Å². The second kappa shape index (κ2) is 14.8. The number of nitrogens with zero attached hydrogens (tertiary/aromatic N) is 5. The minimum Gasteiger partial charge on any atom is -0.493 e. The van der Waals surface area contributed by atoms with Crippen molar-refractivity contribution in [3.63, 3.8) is 0 Å². The van der Waals surface area contributed by atoms with Gasteiger partial charge in [-0.3, -0.25) is 19.4 Å². The molecular formula is C37H42N6O6. The zero-order valence-corrected chi connectivity index (χ0v) is 28.3. The molecule has 0 unspecified atom stereocenters. The van der Waals surface area contributed by atoms with Gasteiger partial charge < -0.3 is 29.0 Å². The van der Waals surface area contributed by atoms with Gasteiger partial charge in [0.05, 0.1) is 37.1 Å². The molecule has 2 aliphatic heterocycles. The number of carbonyl (C=O) groups excluding carboxylic acids is 3. The van der Waals surface area contributed by atoms with Gasteiger partial charge in [-0.1, -0.05) is 42.5 Å². The number of rotatable bonds is 12. The topological polar surface area (TPSA) is 118 Å². The van der Waals surface area contributed by atoms with E-state index in [-0.39, 0.29) is 30.4 Å². The Morgan fingerprint density at radius 1 is 0.898 bits per heavy atom. The van der Waals surface area contributed by atoms with Crippen LogP contribution < -0.4 is 24.4 Å². The average Bonchev–Trinajstić information content (AvgIpc) is 3.66. The molecule has 49 heavy (non-hydrogen) atoms. The predicted octanol–water partition coefficient (Wildman–Crippen LogP) is 5.23. The fourth-order valence-electron chi connectivity index (χ4n) is 6.68. The van der Waals surface area contributed by atoms with E-state index in [0.717, 1.165) is 31.9 Å². The predicted molar refractivity (Wildman–Crippen MR) is 184 cm³/mol. The first kappa shape index (κ1) is 33.5. The first-order chi connectivity index (χ1) is 23.8. The molecule has 256 valence electrons. The minimum absolute atomic E-state index is 0.176. The number of imidazole rings is 1.